The molecule has 8 heteroatoms. The van der Waals surface area contributed by atoms with Crippen molar-refractivity contribution in [2.75, 3.05) is 5.75 Å². The van der Waals surface area contributed by atoms with E-state index >= 15 is 0 Å². The van der Waals surface area contributed by atoms with Crippen LogP contribution in [-0.4, -0.2) is 21.1 Å². The molecule has 0 atom stereocenters. The lowest BCUT2D eigenvalue weighted by atomic mass is 10.3. The minimum Gasteiger partial charge on any atom is -0.459 e. The maximum absolute atomic E-state index is 13.1. The fourth-order valence-electron chi connectivity index (χ4n) is 2.24. The Bertz CT molecular complexity index is 1040. The van der Waals surface area contributed by atoms with Crippen molar-refractivity contribution in [1.82, 2.24) is 9.38 Å². The zero-order valence-electron chi connectivity index (χ0n) is 13.7. The number of esters is 1. The van der Waals surface area contributed by atoms with Crippen molar-refractivity contribution in [2.45, 2.75) is 18.4 Å². The van der Waals surface area contributed by atoms with Crippen LogP contribution < -0.4 is 5.56 Å². The summed E-state index contributed by atoms with van der Waals surface area (Å²) in [5.74, 6) is -2.54. The first kappa shape index (κ1) is 18.1. The molecule has 0 saturated carbocycles. The largest absolute Gasteiger partial charge is 0.459 e. The summed E-state index contributed by atoms with van der Waals surface area (Å²) in [4.78, 5) is 28.6. The number of hydrogen-bond acceptors (Lipinski definition) is 5. The normalized spacial score (nSPS) is 10.9. The smallest absolute Gasteiger partial charge is 0.316 e. The number of rotatable bonds is 5. The lowest BCUT2D eigenvalue weighted by Gasteiger charge is -2.07. The summed E-state index contributed by atoms with van der Waals surface area (Å²) in [6, 6.07) is 8.24. The highest BCUT2D eigenvalue weighted by atomic mass is 32.2. The Morgan fingerprint density at radius 3 is 2.77 bits per heavy atom. The van der Waals surface area contributed by atoms with Crippen LogP contribution in [0, 0.1) is 18.6 Å². The van der Waals surface area contributed by atoms with Gasteiger partial charge in [-0.15, -0.1) is 11.8 Å². The molecule has 0 radical (unpaired) electrons. The highest BCUT2D eigenvalue weighted by Crippen LogP contribution is 2.20. The minimum absolute atomic E-state index is 0.0726. The van der Waals surface area contributed by atoms with E-state index in [1.54, 1.807) is 12.3 Å². The van der Waals surface area contributed by atoms with Crippen LogP contribution in [0.4, 0.5) is 8.78 Å². The van der Waals surface area contributed by atoms with Crippen LogP contribution in [-0.2, 0) is 16.1 Å². The number of ether oxygens (including phenoxy) is 1. The summed E-state index contributed by atoms with van der Waals surface area (Å²) in [6.45, 7) is 1.73. The minimum atomic E-state index is -0.973. The number of aromatic nitrogens is 2. The van der Waals surface area contributed by atoms with Gasteiger partial charge in [0.05, 0.1) is 11.4 Å². The molecule has 1 aromatic carbocycles. The Kier molecular flexibility index (Phi) is 5.32. The Hall–Kier alpha value is -2.74. The highest BCUT2D eigenvalue weighted by Gasteiger charge is 2.09. The average molecular weight is 376 g/mol. The van der Waals surface area contributed by atoms with Crippen LogP contribution in [0.1, 0.15) is 11.3 Å². The molecule has 3 rings (SSSR count). The number of hydrogen-bond donors (Lipinski definition) is 0. The second kappa shape index (κ2) is 7.65. The molecular formula is C18H14F2N2O3S. The van der Waals surface area contributed by atoms with E-state index in [1.165, 1.54) is 16.5 Å². The number of carbonyl (C=O) groups excluding carboxylic acids is 1. The highest BCUT2D eigenvalue weighted by molar-refractivity contribution is 8.00. The molecule has 0 aliphatic rings. The third kappa shape index (κ3) is 4.26. The number of thioether (sulfide) groups is 1. The van der Waals surface area contributed by atoms with Gasteiger partial charge in [-0.2, -0.15) is 0 Å². The summed E-state index contributed by atoms with van der Waals surface area (Å²) in [7, 11) is 0. The third-order valence-electron chi connectivity index (χ3n) is 3.49. The number of carbonyl (C=O) groups is 1. The van der Waals surface area contributed by atoms with Gasteiger partial charge in [0, 0.05) is 17.2 Å². The summed E-state index contributed by atoms with van der Waals surface area (Å²) in [5, 5.41) is 0. The summed E-state index contributed by atoms with van der Waals surface area (Å²) < 4.78 is 32.5. The van der Waals surface area contributed by atoms with Crippen molar-refractivity contribution < 1.29 is 18.3 Å². The molecule has 134 valence electrons. The van der Waals surface area contributed by atoms with Gasteiger partial charge in [-0.05, 0) is 36.8 Å². The number of halogens is 2. The number of pyridine rings is 1. The van der Waals surface area contributed by atoms with Crippen LogP contribution in [0.25, 0.3) is 5.65 Å². The fraction of sp³-hybridized carbons (Fsp3) is 0.167. The molecule has 0 aliphatic heterocycles. The SMILES string of the molecule is Cc1ccc2nc(COC(=O)CSc3ccc(F)c(F)c3)cc(=O)n2c1. The maximum Gasteiger partial charge on any atom is 0.316 e. The standard InChI is InChI=1S/C18H14F2N2O3S/c1-11-2-5-16-21-12(6-17(23)22(16)8-11)9-25-18(24)10-26-13-3-4-14(19)15(20)7-13/h2-8H,9-10H2,1H3. The number of aryl methyl sites for hydroxylation is 1. The molecule has 5 nitrogen and oxygen atoms in total. The van der Waals surface area contributed by atoms with Crippen molar-refractivity contribution in [2.24, 2.45) is 0 Å². The van der Waals surface area contributed by atoms with Crippen LogP contribution in [0.3, 0.4) is 0 Å². The third-order valence-corrected chi connectivity index (χ3v) is 4.46. The van der Waals surface area contributed by atoms with Crippen LogP contribution in [0.2, 0.25) is 0 Å². The number of nitrogens with zero attached hydrogens (tertiary/aromatic N) is 2. The molecule has 0 fully saturated rings. The fourth-order valence-corrected chi connectivity index (χ4v) is 2.96. The molecule has 2 heterocycles. The molecule has 26 heavy (non-hydrogen) atoms. The average Bonchev–Trinajstić information content (AvgIpc) is 2.61. The van der Waals surface area contributed by atoms with Gasteiger partial charge in [0.2, 0.25) is 0 Å². The lowest BCUT2D eigenvalue weighted by molar-refractivity contribution is -0.141. The van der Waals surface area contributed by atoms with E-state index in [1.807, 2.05) is 13.0 Å². The van der Waals surface area contributed by atoms with E-state index in [2.05, 4.69) is 4.98 Å². The summed E-state index contributed by atoms with van der Waals surface area (Å²) in [6.07, 6.45) is 1.68. The first-order valence-corrected chi connectivity index (χ1v) is 8.63. The van der Waals surface area contributed by atoms with Crippen LogP contribution in [0.5, 0.6) is 0 Å². The Labute approximate surface area is 151 Å². The van der Waals surface area contributed by atoms with Gasteiger partial charge in [-0.25, -0.2) is 13.8 Å². The van der Waals surface area contributed by atoms with E-state index in [0.29, 0.717) is 16.2 Å². The van der Waals surface area contributed by atoms with E-state index in [-0.39, 0.29) is 17.9 Å². The van der Waals surface area contributed by atoms with Gasteiger partial charge < -0.3 is 4.74 Å². The van der Waals surface area contributed by atoms with Crippen LogP contribution >= 0.6 is 11.8 Å². The van der Waals surface area contributed by atoms with Gasteiger partial charge in [0.1, 0.15) is 12.3 Å². The van der Waals surface area contributed by atoms with E-state index in [0.717, 1.165) is 29.5 Å². The summed E-state index contributed by atoms with van der Waals surface area (Å²) >= 11 is 1.03. The predicted molar refractivity (Wildman–Crippen MR) is 93.1 cm³/mol. The zero-order valence-corrected chi connectivity index (χ0v) is 14.6. The zero-order chi connectivity index (χ0) is 18.7. The van der Waals surface area contributed by atoms with Crippen molar-refractivity contribution >= 4 is 23.4 Å². The van der Waals surface area contributed by atoms with Gasteiger partial charge in [-0.1, -0.05) is 6.07 Å². The van der Waals surface area contributed by atoms with Crippen molar-refractivity contribution in [3.8, 4) is 0 Å². The van der Waals surface area contributed by atoms with E-state index in [4.69, 9.17) is 4.74 Å². The first-order chi connectivity index (χ1) is 12.4. The predicted octanol–water partition coefficient (Wildman–Crippen LogP) is 3.12. The number of benzene rings is 1. The molecule has 0 spiro atoms. The molecule has 3 aromatic rings. The topological polar surface area (TPSA) is 60.7 Å². The molecule has 0 aliphatic carbocycles. The van der Waals surface area contributed by atoms with Crippen molar-refractivity contribution in [3.63, 3.8) is 0 Å². The Morgan fingerprint density at radius 1 is 1.19 bits per heavy atom. The molecule has 2 aromatic heterocycles. The molecule has 0 amide bonds. The number of fused-ring (bicyclic) bond motifs is 1. The Morgan fingerprint density at radius 2 is 2.00 bits per heavy atom. The van der Waals surface area contributed by atoms with Crippen LogP contribution in [0.15, 0.2) is 52.3 Å². The quantitative estimate of drug-likeness (QED) is 0.506. The Balaban J connectivity index is 1.60. The van der Waals surface area contributed by atoms with Crippen molar-refractivity contribution in [1.29, 1.82) is 0 Å². The molecule has 0 unspecified atom stereocenters. The monoisotopic (exact) mass is 376 g/mol. The first-order valence-electron chi connectivity index (χ1n) is 7.65. The van der Waals surface area contributed by atoms with Gasteiger partial charge in [-0.3, -0.25) is 14.0 Å². The second-order valence-corrected chi connectivity index (χ2v) is 6.59. The summed E-state index contributed by atoms with van der Waals surface area (Å²) in [5.41, 5.74) is 1.46. The van der Waals surface area contributed by atoms with Crippen molar-refractivity contribution in [3.05, 3.63) is 75.8 Å². The van der Waals surface area contributed by atoms with Gasteiger partial charge in [0.15, 0.2) is 11.6 Å². The maximum atomic E-state index is 13.1. The molecule has 0 saturated heterocycles. The van der Waals surface area contributed by atoms with E-state index < -0.39 is 17.6 Å². The lowest BCUT2D eigenvalue weighted by Crippen LogP contribution is -2.17. The second-order valence-electron chi connectivity index (χ2n) is 5.55. The molecule has 0 N–H and O–H groups in total. The van der Waals surface area contributed by atoms with E-state index in [9.17, 15) is 18.4 Å². The molecule has 0 bridgehead atoms. The van der Waals surface area contributed by atoms with Gasteiger partial charge >= 0.3 is 5.97 Å². The molecular weight excluding hydrogens is 362 g/mol. The van der Waals surface area contributed by atoms with Gasteiger partial charge in [0.25, 0.3) is 5.56 Å².